The number of carbonyl (C=O) groups is 3. The second-order valence-corrected chi connectivity index (χ2v) is 10.2. The predicted octanol–water partition coefficient (Wildman–Crippen LogP) is 1.88. The summed E-state index contributed by atoms with van der Waals surface area (Å²) >= 11 is 5.20. The molecule has 4 N–H and O–H groups in total. The Labute approximate surface area is 220 Å². The number of anilines is 1. The Morgan fingerprint density at radius 2 is 1.57 bits per heavy atom. The summed E-state index contributed by atoms with van der Waals surface area (Å²) in [4.78, 5) is 46.0. The summed E-state index contributed by atoms with van der Waals surface area (Å²) in [7, 11) is 0. The van der Waals surface area contributed by atoms with Gasteiger partial charge >= 0.3 is 17.9 Å². The molecule has 1 aliphatic heterocycles. The lowest BCUT2D eigenvalue weighted by Gasteiger charge is -2.26. The maximum absolute atomic E-state index is 12.7. The van der Waals surface area contributed by atoms with Crippen LogP contribution in [0.15, 0.2) is 12.5 Å². The first kappa shape index (κ1) is 28.3. The van der Waals surface area contributed by atoms with Gasteiger partial charge in [-0.25, -0.2) is 9.97 Å². The number of fused-ring (bicyclic) bond motifs is 1. The van der Waals surface area contributed by atoms with E-state index in [2.05, 4.69) is 9.97 Å². The molecule has 3 heterocycles. The van der Waals surface area contributed by atoms with Crippen LogP contribution in [0, 0.1) is 17.8 Å². The molecule has 0 unspecified atom stereocenters. The van der Waals surface area contributed by atoms with E-state index in [4.69, 9.17) is 42.6 Å². The number of carbonyl (C=O) groups excluding carboxylic acids is 3. The minimum atomic E-state index is -1.12. The van der Waals surface area contributed by atoms with Crippen LogP contribution in [0.5, 0.6) is 0 Å². The number of hydrogen-bond acceptors (Lipinski definition) is 11. The molecule has 12 nitrogen and oxygen atoms in total. The lowest BCUT2D eigenvalue weighted by atomic mass is 10.1. The molecule has 1 fully saturated rings. The topological polar surface area (TPSA) is 171 Å². The molecule has 1 aliphatic rings. The van der Waals surface area contributed by atoms with E-state index in [0.717, 1.165) is 0 Å². The molecule has 37 heavy (non-hydrogen) atoms. The molecule has 3 rings (SSSR count). The van der Waals surface area contributed by atoms with Gasteiger partial charge in [-0.2, -0.15) is 0 Å². The molecular weight excluding hydrogens is 502 g/mol. The Balaban J connectivity index is 2.12. The fourth-order valence-corrected chi connectivity index (χ4v) is 3.85. The van der Waals surface area contributed by atoms with Gasteiger partial charge in [-0.3, -0.25) is 14.4 Å². The number of thiocarbonyl (C=S) groups is 1. The van der Waals surface area contributed by atoms with Gasteiger partial charge in [-0.15, -0.1) is 0 Å². The zero-order valence-corrected chi connectivity index (χ0v) is 22.5. The van der Waals surface area contributed by atoms with Crippen molar-refractivity contribution in [2.45, 2.75) is 66.1 Å². The maximum atomic E-state index is 12.7. The van der Waals surface area contributed by atoms with Crippen molar-refractivity contribution in [1.29, 1.82) is 0 Å². The van der Waals surface area contributed by atoms with E-state index in [1.807, 2.05) is 0 Å². The fourth-order valence-electron chi connectivity index (χ4n) is 3.69. The summed E-state index contributed by atoms with van der Waals surface area (Å²) in [6.07, 6.45) is -1.37. The van der Waals surface area contributed by atoms with Crippen LogP contribution in [-0.2, 0) is 33.3 Å². The van der Waals surface area contributed by atoms with Crippen molar-refractivity contribution in [2.75, 3.05) is 12.3 Å². The van der Waals surface area contributed by atoms with Gasteiger partial charge in [0.25, 0.3) is 0 Å². The van der Waals surface area contributed by atoms with Gasteiger partial charge in [0, 0.05) is 11.8 Å². The number of nitrogens with zero attached hydrogens (tertiary/aromatic N) is 3. The Morgan fingerprint density at radius 1 is 1.00 bits per heavy atom. The van der Waals surface area contributed by atoms with Crippen LogP contribution < -0.4 is 11.5 Å². The number of ether oxygens (including phenoxy) is 4. The van der Waals surface area contributed by atoms with E-state index >= 15 is 0 Å². The van der Waals surface area contributed by atoms with E-state index < -0.39 is 54.3 Å². The highest BCUT2D eigenvalue weighted by atomic mass is 32.1. The Bertz CT molecular complexity index is 1200. The molecule has 13 heteroatoms. The van der Waals surface area contributed by atoms with Gasteiger partial charge in [0.1, 0.15) is 35.5 Å². The Morgan fingerprint density at radius 3 is 2.11 bits per heavy atom. The monoisotopic (exact) mass is 535 g/mol. The van der Waals surface area contributed by atoms with E-state index in [1.54, 1.807) is 52.3 Å². The largest absolute Gasteiger partial charge is 0.463 e. The first-order valence-electron chi connectivity index (χ1n) is 12.0. The highest BCUT2D eigenvalue weighted by molar-refractivity contribution is 7.80. The van der Waals surface area contributed by atoms with Crippen molar-refractivity contribution in [3.05, 3.63) is 18.1 Å². The number of esters is 3. The summed E-state index contributed by atoms with van der Waals surface area (Å²) < 4.78 is 24.8. The van der Waals surface area contributed by atoms with Gasteiger partial charge in [-0.1, -0.05) is 53.8 Å². The fraction of sp³-hybridized carbons (Fsp3) is 0.583. The summed E-state index contributed by atoms with van der Waals surface area (Å²) in [6.45, 7) is 9.84. The van der Waals surface area contributed by atoms with Crippen molar-refractivity contribution in [3.63, 3.8) is 0 Å². The van der Waals surface area contributed by atoms with E-state index in [0.29, 0.717) is 16.6 Å². The van der Waals surface area contributed by atoms with Crippen LogP contribution in [0.1, 0.15) is 53.3 Å². The van der Waals surface area contributed by atoms with Crippen LogP contribution in [-0.4, -0.2) is 62.4 Å². The molecule has 0 aromatic carbocycles. The maximum Gasteiger partial charge on any atom is 0.308 e. The zero-order valence-electron chi connectivity index (χ0n) is 21.7. The summed E-state index contributed by atoms with van der Waals surface area (Å²) in [6, 6.07) is 0. The third kappa shape index (κ3) is 5.99. The van der Waals surface area contributed by atoms with Crippen LogP contribution in [0.3, 0.4) is 0 Å². The third-order valence-corrected chi connectivity index (χ3v) is 5.99. The van der Waals surface area contributed by atoms with Gasteiger partial charge in [0.15, 0.2) is 18.4 Å². The Hall–Kier alpha value is -3.32. The van der Waals surface area contributed by atoms with Crippen molar-refractivity contribution in [2.24, 2.45) is 23.5 Å². The molecular formula is C24H33N5O7S. The van der Waals surface area contributed by atoms with Gasteiger partial charge in [0.05, 0.1) is 23.1 Å². The summed E-state index contributed by atoms with van der Waals surface area (Å²) in [5, 5.41) is 0.401. The van der Waals surface area contributed by atoms with Crippen LogP contribution in [0.25, 0.3) is 11.0 Å². The molecule has 4 atom stereocenters. The minimum absolute atomic E-state index is 0.0455. The first-order valence-corrected chi connectivity index (χ1v) is 12.4. The standard InChI is InChI=1S/C24H33N5O7S/c1-10(2)22(30)33-8-14-16(35-23(31)11(3)4)17(36-24(32)12(5)6)21(34-14)29-7-13(19(26)37)15-18(25)27-9-28-20(15)29/h7,9-12,14,16-17,21H,8H2,1-6H3,(H2,26,37)(H2,25,27,28)/t14-,16-,17-,21-/m1/s1. The number of nitrogens with two attached hydrogens (primary N) is 2. The third-order valence-electron chi connectivity index (χ3n) is 5.77. The molecule has 0 aliphatic carbocycles. The Kier molecular flexibility index (Phi) is 8.69. The number of nitrogen functional groups attached to an aromatic ring is 1. The lowest BCUT2D eigenvalue weighted by Crippen LogP contribution is -2.42. The quantitative estimate of drug-likeness (QED) is 0.272. The normalized spacial score (nSPS) is 21.5. The van der Waals surface area contributed by atoms with Crippen molar-refractivity contribution in [1.82, 2.24) is 14.5 Å². The molecule has 1 saturated heterocycles. The molecule has 2 aromatic rings. The average molecular weight is 536 g/mol. The SMILES string of the molecule is CC(C)C(=O)OC[C@H]1O[C@@H](n2cc(C(N)=S)c3c(N)ncnc32)[C@H](OC(=O)C(C)C)[C@@H]1OC(=O)C(C)C. The molecule has 2 aromatic heterocycles. The molecule has 0 amide bonds. The molecule has 0 spiro atoms. The molecule has 0 radical (unpaired) electrons. The first-order chi connectivity index (χ1) is 17.3. The number of hydrogen-bond donors (Lipinski definition) is 2. The second-order valence-electron chi connectivity index (χ2n) is 9.73. The van der Waals surface area contributed by atoms with Gasteiger partial charge in [-0.05, 0) is 0 Å². The van der Waals surface area contributed by atoms with Crippen molar-refractivity contribution in [3.8, 4) is 0 Å². The molecule has 0 bridgehead atoms. The molecule has 202 valence electrons. The van der Waals surface area contributed by atoms with Gasteiger partial charge in [0.2, 0.25) is 0 Å². The van der Waals surface area contributed by atoms with Crippen molar-refractivity contribution < 1.29 is 33.3 Å². The highest BCUT2D eigenvalue weighted by Gasteiger charge is 2.52. The zero-order chi connectivity index (χ0) is 27.6. The van der Waals surface area contributed by atoms with E-state index in [9.17, 15) is 14.4 Å². The smallest absolute Gasteiger partial charge is 0.308 e. The summed E-state index contributed by atoms with van der Waals surface area (Å²) in [5.74, 6) is -2.72. The predicted molar refractivity (Wildman–Crippen MR) is 137 cm³/mol. The lowest BCUT2D eigenvalue weighted by molar-refractivity contribution is -0.173. The van der Waals surface area contributed by atoms with Crippen LogP contribution in [0.4, 0.5) is 5.82 Å². The van der Waals surface area contributed by atoms with Gasteiger partial charge < -0.3 is 35.0 Å². The van der Waals surface area contributed by atoms with E-state index in [-0.39, 0.29) is 23.3 Å². The molecule has 0 saturated carbocycles. The van der Waals surface area contributed by atoms with Crippen molar-refractivity contribution >= 4 is 52.0 Å². The van der Waals surface area contributed by atoms with Crippen LogP contribution >= 0.6 is 12.2 Å². The van der Waals surface area contributed by atoms with Crippen LogP contribution in [0.2, 0.25) is 0 Å². The summed E-state index contributed by atoms with van der Waals surface area (Å²) in [5.41, 5.74) is 12.7. The van der Waals surface area contributed by atoms with E-state index in [1.165, 1.54) is 6.33 Å². The second kappa shape index (κ2) is 11.4. The average Bonchev–Trinajstić information content (AvgIpc) is 3.36. The highest BCUT2D eigenvalue weighted by Crippen LogP contribution is 2.38. The number of aromatic nitrogens is 3. The minimum Gasteiger partial charge on any atom is -0.463 e. The number of rotatable bonds is 9.